The standard InChI is InChI=1S/C20H27NO4/c22-18(14-6-2-1-3-7-14)13-17-10-5-11-21(17)19(23)15-8-4-9-16(12-15)20(24)25/h1-3,6-7,15-18,22H,4-5,8-13H2,(H,24,25). The predicted octanol–water partition coefficient (Wildman–Crippen LogP) is 2.99. The average Bonchev–Trinajstić information content (AvgIpc) is 3.10. The van der Waals surface area contributed by atoms with E-state index in [0.717, 1.165) is 37.8 Å². The summed E-state index contributed by atoms with van der Waals surface area (Å²) in [5.41, 5.74) is 0.880. The lowest BCUT2D eigenvalue weighted by molar-refractivity contribution is -0.145. The Balaban J connectivity index is 1.62. The summed E-state index contributed by atoms with van der Waals surface area (Å²) in [6, 6.07) is 9.60. The van der Waals surface area contributed by atoms with E-state index in [9.17, 15) is 19.8 Å². The van der Waals surface area contributed by atoms with Gasteiger partial charge in [-0.1, -0.05) is 36.8 Å². The lowest BCUT2D eigenvalue weighted by atomic mass is 9.80. The number of amides is 1. The first-order chi connectivity index (χ1) is 12.1. The smallest absolute Gasteiger partial charge is 0.306 e. The third-order valence-electron chi connectivity index (χ3n) is 5.71. The molecule has 1 saturated heterocycles. The zero-order valence-corrected chi connectivity index (χ0v) is 14.5. The SMILES string of the molecule is O=C(O)C1CCCC(C(=O)N2CCCC2CC(O)c2ccccc2)C1. The van der Waals surface area contributed by atoms with Crippen LogP contribution in [0.15, 0.2) is 30.3 Å². The van der Waals surface area contributed by atoms with Crippen molar-refractivity contribution >= 4 is 11.9 Å². The van der Waals surface area contributed by atoms with Crippen molar-refractivity contribution in [1.29, 1.82) is 0 Å². The minimum Gasteiger partial charge on any atom is -0.481 e. The van der Waals surface area contributed by atoms with Crippen molar-refractivity contribution in [3.05, 3.63) is 35.9 Å². The Kier molecular flexibility index (Phi) is 5.74. The fourth-order valence-corrected chi connectivity index (χ4v) is 4.31. The van der Waals surface area contributed by atoms with Crippen LogP contribution in [0.2, 0.25) is 0 Å². The van der Waals surface area contributed by atoms with Crippen LogP contribution in [0.3, 0.4) is 0 Å². The van der Waals surface area contributed by atoms with Gasteiger partial charge < -0.3 is 15.1 Å². The maximum Gasteiger partial charge on any atom is 0.306 e. The largest absolute Gasteiger partial charge is 0.481 e. The first-order valence-electron chi connectivity index (χ1n) is 9.32. The number of carboxylic acid groups (broad SMARTS) is 1. The van der Waals surface area contributed by atoms with Gasteiger partial charge in [0, 0.05) is 18.5 Å². The fourth-order valence-electron chi connectivity index (χ4n) is 4.31. The molecule has 25 heavy (non-hydrogen) atoms. The zero-order valence-electron chi connectivity index (χ0n) is 14.5. The van der Waals surface area contributed by atoms with E-state index in [-0.39, 0.29) is 17.9 Å². The third kappa shape index (κ3) is 4.21. The summed E-state index contributed by atoms with van der Waals surface area (Å²) in [4.78, 5) is 26.1. The number of benzene rings is 1. The molecule has 1 aromatic carbocycles. The topological polar surface area (TPSA) is 77.8 Å². The molecule has 2 N–H and O–H groups in total. The predicted molar refractivity (Wildman–Crippen MR) is 93.8 cm³/mol. The molecule has 1 aromatic rings. The van der Waals surface area contributed by atoms with E-state index in [2.05, 4.69) is 0 Å². The molecule has 5 heteroatoms. The van der Waals surface area contributed by atoms with Gasteiger partial charge in [0.25, 0.3) is 0 Å². The molecule has 5 nitrogen and oxygen atoms in total. The van der Waals surface area contributed by atoms with Crippen molar-refractivity contribution in [3.8, 4) is 0 Å². The van der Waals surface area contributed by atoms with Crippen molar-refractivity contribution in [2.24, 2.45) is 11.8 Å². The van der Waals surface area contributed by atoms with Crippen molar-refractivity contribution in [2.45, 2.75) is 57.1 Å². The van der Waals surface area contributed by atoms with E-state index < -0.39 is 18.0 Å². The minimum atomic E-state index is -0.782. The first kappa shape index (κ1) is 17.9. The van der Waals surface area contributed by atoms with Crippen molar-refractivity contribution in [1.82, 2.24) is 4.90 Å². The molecule has 2 aliphatic rings. The fraction of sp³-hybridized carbons (Fsp3) is 0.600. The monoisotopic (exact) mass is 345 g/mol. The van der Waals surface area contributed by atoms with Crippen LogP contribution in [-0.4, -0.2) is 39.6 Å². The summed E-state index contributed by atoms with van der Waals surface area (Å²) in [7, 11) is 0. The lowest BCUT2D eigenvalue weighted by Crippen LogP contribution is -2.42. The van der Waals surface area contributed by atoms with Gasteiger partial charge in [-0.15, -0.1) is 0 Å². The Morgan fingerprint density at radius 2 is 1.80 bits per heavy atom. The maximum atomic E-state index is 12.9. The molecule has 0 bridgehead atoms. The van der Waals surface area contributed by atoms with E-state index in [1.54, 1.807) is 0 Å². The van der Waals surface area contributed by atoms with Crippen molar-refractivity contribution in [2.75, 3.05) is 6.54 Å². The Morgan fingerprint density at radius 3 is 2.52 bits per heavy atom. The molecule has 1 heterocycles. The lowest BCUT2D eigenvalue weighted by Gasteiger charge is -2.33. The van der Waals surface area contributed by atoms with Crippen LogP contribution in [-0.2, 0) is 9.59 Å². The second kappa shape index (κ2) is 8.00. The number of carbonyl (C=O) groups excluding carboxylic acids is 1. The highest BCUT2D eigenvalue weighted by atomic mass is 16.4. The number of aliphatic carboxylic acids is 1. The Morgan fingerprint density at radius 1 is 1.08 bits per heavy atom. The highest BCUT2D eigenvalue weighted by Gasteiger charge is 2.37. The molecule has 0 spiro atoms. The number of carboxylic acids is 1. The quantitative estimate of drug-likeness (QED) is 0.860. The van der Waals surface area contributed by atoms with Crippen LogP contribution in [0.4, 0.5) is 0 Å². The van der Waals surface area contributed by atoms with E-state index >= 15 is 0 Å². The van der Waals surface area contributed by atoms with Crippen molar-refractivity contribution in [3.63, 3.8) is 0 Å². The second-order valence-electron chi connectivity index (χ2n) is 7.39. The van der Waals surface area contributed by atoms with E-state index in [0.29, 0.717) is 19.3 Å². The number of nitrogens with zero attached hydrogens (tertiary/aromatic N) is 1. The maximum absolute atomic E-state index is 12.9. The number of hydrogen-bond donors (Lipinski definition) is 2. The molecule has 0 radical (unpaired) electrons. The van der Waals surface area contributed by atoms with Gasteiger partial charge in [-0.05, 0) is 44.1 Å². The van der Waals surface area contributed by atoms with Crippen LogP contribution in [0.1, 0.15) is 56.6 Å². The normalized spacial score (nSPS) is 27.9. The molecule has 2 fully saturated rings. The van der Waals surface area contributed by atoms with Crippen LogP contribution in [0.5, 0.6) is 0 Å². The van der Waals surface area contributed by atoms with Crippen LogP contribution in [0, 0.1) is 11.8 Å². The summed E-state index contributed by atoms with van der Waals surface area (Å²) in [5, 5.41) is 19.7. The average molecular weight is 345 g/mol. The van der Waals surface area contributed by atoms with Crippen LogP contribution >= 0.6 is 0 Å². The molecule has 1 saturated carbocycles. The zero-order chi connectivity index (χ0) is 17.8. The van der Waals surface area contributed by atoms with Gasteiger partial charge in [0.05, 0.1) is 12.0 Å². The summed E-state index contributed by atoms with van der Waals surface area (Å²) in [6.45, 7) is 0.721. The number of hydrogen-bond acceptors (Lipinski definition) is 3. The summed E-state index contributed by atoms with van der Waals surface area (Å²) in [5.74, 6) is -1.26. The van der Waals surface area contributed by atoms with Gasteiger partial charge in [-0.25, -0.2) is 0 Å². The Bertz CT molecular complexity index is 603. The van der Waals surface area contributed by atoms with Gasteiger partial charge in [0.1, 0.15) is 0 Å². The van der Waals surface area contributed by atoms with Crippen LogP contribution < -0.4 is 0 Å². The molecule has 1 aliphatic heterocycles. The van der Waals surface area contributed by atoms with Crippen molar-refractivity contribution < 1.29 is 19.8 Å². The van der Waals surface area contributed by atoms with Gasteiger partial charge in [-0.2, -0.15) is 0 Å². The van der Waals surface area contributed by atoms with Gasteiger partial charge in [0.2, 0.25) is 5.91 Å². The number of rotatable bonds is 5. The number of likely N-dealkylation sites (tertiary alicyclic amines) is 1. The molecular weight excluding hydrogens is 318 g/mol. The number of carbonyl (C=O) groups is 2. The number of aliphatic hydroxyl groups is 1. The van der Waals surface area contributed by atoms with E-state index in [1.165, 1.54) is 0 Å². The van der Waals surface area contributed by atoms with Crippen LogP contribution in [0.25, 0.3) is 0 Å². The van der Waals surface area contributed by atoms with Gasteiger partial charge >= 0.3 is 5.97 Å². The highest BCUT2D eigenvalue weighted by molar-refractivity contribution is 5.81. The molecular formula is C20H27NO4. The Hall–Kier alpha value is -1.88. The van der Waals surface area contributed by atoms with E-state index in [1.807, 2.05) is 35.2 Å². The first-order valence-corrected chi connectivity index (χ1v) is 9.32. The Labute approximate surface area is 148 Å². The van der Waals surface area contributed by atoms with E-state index in [4.69, 9.17) is 0 Å². The van der Waals surface area contributed by atoms with Gasteiger partial charge in [-0.3, -0.25) is 9.59 Å². The molecule has 4 unspecified atom stereocenters. The summed E-state index contributed by atoms with van der Waals surface area (Å²) < 4.78 is 0. The number of aliphatic hydroxyl groups excluding tert-OH is 1. The minimum absolute atomic E-state index is 0.0490. The molecule has 136 valence electrons. The highest BCUT2D eigenvalue weighted by Crippen LogP contribution is 2.34. The summed E-state index contributed by atoms with van der Waals surface area (Å²) >= 11 is 0. The molecule has 0 aromatic heterocycles. The third-order valence-corrected chi connectivity index (χ3v) is 5.71. The molecule has 3 rings (SSSR count). The van der Waals surface area contributed by atoms with Gasteiger partial charge in [0.15, 0.2) is 0 Å². The summed E-state index contributed by atoms with van der Waals surface area (Å²) in [6.07, 6.45) is 4.56. The molecule has 1 aliphatic carbocycles. The molecule has 1 amide bonds. The molecule has 4 atom stereocenters. The second-order valence-corrected chi connectivity index (χ2v) is 7.39.